The van der Waals surface area contributed by atoms with Crippen LogP contribution in [-0.2, 0) is 15.5 Å². The molecule has 0 saturated carbocycles. The molecule has 108 valence electrons. The molecule has 1 aromatic rings. The molecule has 1 rings (SSSR count). The van der Waals surface area contributed by atoms with Crippen LogP contribution in [0, 0.1) is 6.92 Å². The van der Waals surface area contributed by atoms with Gasteiger partial charge in [0.2, 0.25) is 0 Å². The first-order valence-electron chi connectivity index (χ1n) is 6.19. The molecule has 2 N–H and O–H groups in total. The normalized spacial score (nSPS) is 14.1. The maximum atomic E-state index is 11.7. The quantitative estimate of drug-likeness (QED) is 0.796. The van der Waals surface area contributed by atoms with Gasteiger partial charge in [-0.15, -0.1) is 0 Å². The van der Waals surface area contributed by atoms with E-state index in [-0.39, 0.29) is 18.3 Å². The first kappa shape index (κ1) is 15.7. The Balaban J connectivity index is 2.96. The lowest BCUT2D eigenvalue weighted by atomic mass is 10.2. The summed E-state index contributed by atoms with van der Waals surface area (Å²) < 4.78 is 17.8. The molecular formula is C12H21N3O3S. The van der Waals surface area contributed by atoms with Gasteiger partial charge in [0.05, 0.1) is 6.61 Å². The van der Waals surface area contributed by atoms with Gasteiger partial charge in [-0.05, 0) is 27.2 Å². The molecule has 2 atom stereocenters. The number of nitrogens with zero attached hydrogens (tertiary/aromatic N) is 2. The molecule has 0 fully saturated rings. The molecule has 0 saturated heterocycles. The van der Waals surface area contributed by atoms with Crippen LogP contribution in [-0.4, -0.2) is 38.3 Å². The topological polar surface area (TPSA) is 87.2 Å². The highest BCUT2D eigenvalue weighted by molar-refractivity contribution is 7.84. The van der Waals surface area contributed by atoms with Crippen LogP contribution >= 0.6 is 0 Å². The number of nitrogens with two attached hydrogens (primary N) is 1. The molecule has 0 aliphatic carbocycles. The van der Waals surface area contributed by atoms with Gasteiger partial charge in [-0.1, -0.05) is 0 Å². The number of carbonyl (C=O) groups is 1. The molecule has 0 amide bonds. The van der Waals surface area contributed by atoms with E-state index >= 15 is 0 Å². The Bertz CT molecular complexity index is 485. The van der Waals surface area contributed by atoms with Gasteiger partial charge in [0.15, 0.2) is 5.69 Å². The Morgan fingerprint density at radius 3 is 2.74 bits per heavy atom. The molecule has 0 radical (unpaired) electrons. The number of nitrogen functional groups attached to an aromatic ring is 1. The van der Waals surface area contributed by atoms with Crippen molar-refractivity contribution in [1.29, 1.82) is 0 Å². The SMILES string of the molecule is CCOC(=O)c1nc(C)n(C(C)CCS(C)=O)c1N. The summed E-state index contributed by atoms with van der Waals surface area (Å²) in [4.78, 5) is 15.9. The van der Waals surface area contributed by atoms with Gasteiger partial charge < -0.3 is 15.0 Å². The lowest BCUT2D eigenvalue weighted by Crippen LogP contribution is -2.14. The Labute approximate surface area is 115 Å². The third kappa shape index (κ3) is 3.79. The van der Waals surface area contributed by atoms with E-state index in [9.17, 15) is 9.00 Å². The second kappa shape index (κ2) is 6.70. The summed E-state index contributed by atoms with van der Waals surface area (Å²) in [5, 5.41) is 0. The van der Waals surface area contributed by atoms with Gasteiger partial charge >= 0.3 is 5.97 Å². The Hall–Kier alpha value is -1.37. The van der Waals surface area contributed by atoms with Crippen LogP contribution < -0.4 is 5.73 Å². The van der Waals surface area contributed by atoms with Crippen molar-refractivity contribution in [1.82, 2.24) is 9.55 Å². The highest BCUT2D eigenvalue weighted by Gasteiger charge is 2.22. The van der Waals surface area contributed by atoms with E-state index in [2.05, 4.69) is 4.98 Å². The van der Waals surface area contributed by atoms with Crippen molar-refractivity contribution >= 4 is 22.6 Å². The largest absolute Gasteiger partial charge is 0.461 e. The number of esters is 1. The van der Waals surface area contributed by atoms with E-state index < -0.39 is 16.8 Å². The monoisotopic (exact) mass is 287 g/mol. The number of ether oxygens (including phenoxy) is 1. The van der Waals surface area contributed by atoms with Crippen LogP contribution in [0.1, 0.15) is 42.6 Å². The van der Waals surface area contributed by atoms with Crippen molar-refractivity contribution in [2.24, 2.45) is 0 Å². The number of anilines is 1. The average Bonchev–Trinajstić information content (AvgIpc) is 2.62. The maximum absolute atomic E-state index is 11.7. The molecule has 7 heteroatoms. The van der Waals surface area contributed by atoms with Crippen LogP contribution in [0.25, 0.3) is 0 Å². The van der Waals surface area contributed by atoms with E-state index in [0.29, 0.717) is 23.8 Å². The fraction of sp³-hybridized carbons (Fsp3) is 0.667. The standard InChI is InChI=1S/C12H21N3O3S/c1-5-18-12(16)10-11(13)15(9(3)14-10)8(2)6-7-19(4)17/h8H,5-7,13H2,1-4H3. The van der Waals surface area contributed by atoms with Crippen molar-refractivity contribution < 1.29 is 13.7 Å². The first-order valence-corrected chi connectivity index (χ1v) is 7.92. The summed E-state index contributed by atoms with van der Waals surface area (Å²) >= 11 is 0. The van der Waals surface area contributed by atoms with Crippen LogP contribution in [0.5, 0.6) is 0 Å². The van der Waals surface area contributed by atoms with Crippen LogP contribution in [0.4, 0.5) is 5.82 Å². The Kier molecular flexibility index (Phi) is 5.53. The lowest BCUT2D eigenvalue weighted by molar-refractivity contribution is 0.0521. The van der Waals surface area contributed by atoms with Crippen molar-refractivity contribution in [3.05, 3.63) is 11.5 Å². The van der Waals surface area contributed by atoms with Crippen LogP contribution in [0.15, 0.2) is 0 Å². The van der Waals surface area contributed by atoms with Crippen molar-refractivity contribution in [3.63, 3.8) is 0 Å². The number of imidazole rings is 1. The molecule has 0 aliphatic rings. The number of aryl methyl sites for hydroxylation is 1. The molecule has 19 heavy (non-hydrogen) atoms. The van der Waals surface area contributed by atoms with Gasteiger partial charge in [-0.25, -0.2) is 9.78 Å². The Morgan fingerprint density at radius 2 is 2.21 bits per heavy atom. The van der Waals surface area contributed by atoms with Gasteiger partial charge in [0.25, 0.3) is 0 Å². The lowest BCUT2D eigenvalue weighted by Gasteiger charge is -2.16. The second-order valence-corrected chi connectivity index (χ2v) is 5.95. The summed E-state index contributed by atoms with van der Waals surface area (Å²) in [6.45, 7) is 5.77. The number of carbonyl (C=O) groups excluding carboxylic acids is 1. The van der Waals surface area contributed by atoms with E-state index in [1.54, 1.807) is 24.7 Å². The van der Waals surface area contributed by atoms with Crippen LogP contribution in [0.2, 0.25) is 0 Å². The average molecular weight is 287 g/mol. The minimum Gasteiger partial charge on any atom is -0.461 e. The molecule has 6 nitrogen and oxygen atoms in total. The minimum absolute atomic E-state index is 0.0413. The predicted octanol–water partition coefficient (Wildman–Crippen LogP) is 1.28. The zero-order chi connectivity index (χ0) is 14.6. The predicted molar refractivity (Wildman–Crippen MR) is 75.6 cm³/mol. The number of hydrogen-bond donors (Lipinski definition) is 1. The van der Waals surface area contributed by atoms with E-state index in [1.807, 2.05) is 6.92 Å². The zero-order valence-electron chi connectivity index (χ0n) is 11.8. The zero-order valence-corrected chi connectivity index (χ0v) is 12.6. The van der Waals surface area contributed by atoms with Gasteiger partial charge in [0, 0.05) is 28.9 Å². The molecule has 0 aromatic carbocycles. The minimum atomic E-state index is -0.844. The van der Waals surface area contributed by atoms with Crippen molar-refractivity contribution in [2.75, 3.05) is 24.3 Å². The molecule has 0 spiro atoms. The van der Waals surface area contributed by atoms with Gasteiger partial charge in [-0.2, -0.15) is 0 Å². The van der Waals surface area contributed by atoms with E-state index in [0.717, 1.165) is 0 Å². The molecule has 1 aromatic heterocycles. The van der Waals surface area contributed by atoms with E-state index in [4.69, 9.17) is 10.5 Å². The van der Waals surface area contributed by atoms with Gasteiger partial charge in [0.1, 0.15) is 11.6 Å². The molecule has 0 bridgehead atoms. The number of rotatable bonds is 6. The summed E-state index contributed by atoms with van der Waals surface area (Å²) in [6, 6.07) is 0.0413. The summed E-state index contributed by atoms with van der Waals surface area (Å²) in [5.74, 6) is 1.06. The first-order chi connectivity index (χ1) is 8.88. The Morgan fingerprint density at radius 1 is 1.58 bits per heavy atom. The number of hydrogen-bond acceptors (Lipinski definition) is 5. The third-order valence-corrected chi connectivity index (χ3v) is 3.67. The molecule has 0 aliphatic heterocycles. The van der Waals surface area contributed by atoms with E-state index in [1.165, 1.54) is 0 Å². The second-order valence-electron chi connectivity index (χ2n) is 4.40. The molecule has 1 heterocycles. The smallest absolute Gasteiger partial charge is 0.360 e. The van der Waals surface area contributed by atoms with Crippen molar-refractivity contribution in [3.8, 4) is 0 Å². The van der Waals surface area contributed by atoms with Crippen molar-refractivity contribution in [2.45, 2.75) is 33.2 Å². The highest BCUT2D eigenvalue weighted by atomic mass is 32.2. The fourth-order valence-electron chi connectivity index (χ4n) is 1.93. The molecular weight excluding hydrogens is 266 g/mol. The summed E-state index contributed by atoms with van der Waals surface area (Å²) in [5.41, 5.74) is 6.12. The third-order valence-electron chi connectivity index (χ3n) is 2.86. The van der Waals surface area contributed by atoms with Crippen LogP contribution in [0.3, 0.4) is 0 Å². The number of aromatic nitrogens is 2. The van der Waals surface area contributed by atoms with Gasteiger partial charge in [-0.3, -0.25) is 4.21 Å². The summed E-state index contributed by atoms with van der Waals surface area (Å²) in [6.07, 6.45) is 2.38. The maximum Gasteiger partial charge on any atom is 0.360 e. The fourth-order valence-corrected chi connectivity index (χ4v) is 2.61. The summed E-state index contributed by atoms with van der Waals surface area (Å²) in [7, 11) is -0.844. The highest BCUT2D eigenvalue weighted by Crippen LogP contribution is 2.23. The molecule has 2 unspecified atom stereocenters.